The lowest BCUT2D eigenvalue weighted by atomic mass is 10.1. The zero-order valence-electron chi connectivity index (χ0n) is 14.6. The average molecular weight is 356 g/mol. The van der Waals surface area contributed by atoms with Gasteiger partial charge in [-0.3, -0.25) is 15.0 Å². The van der Waals surface area contributed by atoms with Crippen molar-refractivity contribution in [1.29, 1.82) is 0 Å². The van der Waals surface area contributed by atoms with E-state index in [1.807, 2.05) is 18.2 Å². The Morgan fingerprint density at radius 1 is 1.28 bits per heavy atom. The summed E-state index contributed by atoms with van der Waals surface area (Å²) in [5.41, 5.74) is 3.05. The van der Waals surface area contributed by atoms with Crippen LogP contribution in [0.15, 0.2) is 24.3 Å². The summed E-state index contributed by atoms with van der Waals surface area (Å²) >= 11 is 1.60. The molecular formula is C19H24N4OS. The van der Waals surface area contributed by atoms with Crippen LogP contribution in [0.4, 0.5) is 5.13 Å². The lowest BCUT2D eigenvalue weighted by Gasteiger charge is -2.20. The largest absolute Gasteiger partial charge is 0.301 e. The fourth-order valence-electron chi connectivity index (χ4n) is 3.56. The van der Waals surface area contributed by atoms with Crippen LogP contribution < -0.4 is 5.32 Å². The summed E-state index contributed by atoms with van der Waals surface area (Å²) in [5, 5.41) is 3.71. The van der Waals surface area contributed by atoms with E-state index >= 15 is 0 Å². The van der Waals surface area contributed by atoms with Crippen molar-refractivity contribution in [3.05, 3.63) is 46.0 Å². The van der Waals surface area contributed by atoms with Gasteiger partial charge in [-0.05, 0) is 50.7 Å². The predicted molar refractivity (Wildman–Crippen MR) is 101 cm³/mol. The molecule has 6 heteroatoms. The minimum atomic E-state index is -0.0669. The molecular weight excluding hydrogens is 332 g/mol. The number of nitrogens with one attached hydrogen (secondary N) is 1. The highest BCUT2D eigenvalue weighted by Crippen LogP contribution is 2.28. The van der Waals surface area contributed by atoms with Crippen molar-refractivity contribution < 1.29 is 4.79 Å². The summed E-state index contributed by atoms with van der Waals surface area (Å²) < 4.78 is 0. The van der Waals surface area contributed by atoms with Gasteiger partial charge in [0.2, 0.25) is 0 Å². The van der Waals surface area contributed by atoms with Crippen LogP contribution in [0.25, 0.3) is 0 Å². The summed E-state index contributed by atoms with van der Waals surface area (Å²) in [6.45, 7) is 5.21. The standard InChI is InChI=1S/C19H24N4OS/c1-22-10-7-16-17(13-22)25-19(20-16)21-18(24)15-6-4-5-14(11-15)12-23-8-2-3-9-23/h4-6,11H,2-3,7-10,12-13H2,1H3,(H,20,21,24). The maximum Gasteiger partial charge on any atom is 0.257 e. The van der Waals surface area contributed by atoms with E-state index in [2.05, 4.69) is 33.2 Å². The van der Waals surface area contributed by atoms with E-state index in [0.717, 1.165) is 50.0 Å². The van der Waals surface area contributed by atoms with E-state index in [0.29, 0.717) is 5.56 Å². The maximum atomic E-state index is 12.6. The maximum absolute atomic E-state index is 12.6. The molecule has 1 aromatic heterocycles. The highest BCUT2D eigenvalue weighted by atomic mass is 32.1. The molecule has 2 aliphatic heterocycles. The van der Waals surface area contributed by atoms with Gasteiger partial charge in [0.05, 0.1) is 5.69 Å². The number of nitrogens with zero attached hydrogens (tertiary/aromatic N) is 3. The number of aromatic nitrogens is 1. The van der Waals surface area contributed by atoms with Gasteiger partial charge >= 0.3 is 0 Å². The number of hydrogen-bond donors (Lipinski definition) is 1. The number of carbonyl (C=O) groups is 1. The van der Waals surface area contributed by atoms with Gasteiger partial charge in [-0.15, -0.1) is 11.3 Å². The Bertz CT molecular complexity index is 767. The van der Waals surface area contributed by atoms with Crippen molar-refractivity contribution in [2.75, 3.05) is 32.0 Å². The quantitative estimate of drug-likeness (QED) is 0.915. The van der Waals surface area contributed by atoms with Crippen molar-refractivity contribution in [3.63, 3.8) is 0 Å². The molecule has 0 radical (unpaired) electrons. The highest BCUT2D eigenvalue weighted by Gasteiger charge is 2.19. The summed E-state index contributed by atoms with van der Waals surface area (Å²) in [4.78, 5) is 23.2. The first kappa shape index (κ1) is 16.7. The second-order valence-corrected chi connectivity index (χ2v) is 8.10. The van der Waals surface area contributed by atoms with Crippen LogP contribution in [0.1, 0.15) is 39.3 Å². The van der Waals surface area contributed by atoms with E-state index in [1.165, 1.54) is 23.3 Å². The Labute approximate surface area is 152 Å². The third-order valence-corrected chi connectivity index (χ3v) is 5.93. The van der Waals surface area contributed by atoms with Gasteiger partial charge in [-0.2, -0.15) is 0 Å². The zero-order chi connectivity index (χ0) is 17.2. The van der Waals surface area contributed by atoms with Crippen LogP contribution in [-0.4, -0.2) is 47.4 Å². The lowest BCUT2D eigenvalue weighted by molar-refractivity contribution is 0.102. The summed E-state index contributed by atoms with van der Waals surface area (Å²) in [6, 6.07) is 7.97. The van der Waals surface area contributed by atoms with Crippen molar-refractivity contribution in [2.45, 2.75) is 32.4 Å². The van der Waals surface area contributed by atoms with Crippen LogP contribution in [0.2, 0.25) is 0 Å². The molecule has 0 atom stereocenters. The molecule has 2 aliphatic rings. The molecule has 3 heterocycles. The highest BCUT2D eigenvalue weighted by molar-refractivity contribution is 7.15. The molecule has 5 nitrogen and oxygen atoms in total. The van der Waals surface area contributed by atoms with Gasteiger partial charge in [0.25, 0.3) is 5.91 Å². The number of fused-ring (bicyclic) bond motifs is 1. The molecule has 1 fully saturated rings. The third-order valence-electron chi connectivity index (χ3n) is 4.94. The number of likely N-dealkylation sites (tertiary alicyclic amines) is 1. The number of thiazole rings is 1. The Hall–Kier alpha value is -1.76. The number of amides is 1. The van der Waals surface area contributed by atoms with Crippen molar-refractivity contribution in [2.24, 2.45) is 0 Å². The molecule has 4 rings (SSSR count). The molecule has 0 bridgehead atoms. The Kier molecular flexibility index (Phi) is 4.83. The first-order chi connectivity index (χ1) is 12.2. The number of carbonyl (C=O) groups excluding carboxylic acids is 1. The van der Waals surface area contributed by atoms with E-state index in [4.69, 9.17) is 0 Å². The van der Waals surface area contributed by atoms with E-state index in [-0.39, 0.29) is 5.91 Å². The van der Waals surface area contributed by atoms with Crippen molar-refractivity contribution in [3.8, 4) is 0 Å². The summed E-state index contributed by atoms with van der Waals surface area (Å²) in [5.74, 6) is -0.0669. The smallest absolute Gasteiger partial charge is 0.257 e. The van der Waals surface area contributed by atoms with E-state index in [9.17, 15) is 4.79 Å². The first-order valence-corrected chi connectivity index (χ1v) is 9.79. The van der Waals surface area contributed by atoms with Crippen LogP contribution in [0.3, 0.4) is 0 Å². The van der Waals surface area contributed by atoms with Gasteiger partial charge in [0.1, 0.15) is 0 Å². The molecule has 2 aromatic rings. The Morgan fingerprint density at radius 3 is 2.96 bits per heavy atom. The molecule has 1 saturated heterocycles. The van der Waals surface area contributed by atoms with E-state index < -0.39 is 0 Å². The fourth-order valence-corrected chi connectivity index (χ4v) is 4.64. The van der Waals surface area contributed by atoms with Crippen molar-refractivity contribution in [1.82, 2.24) is 14.8 Å². The van der Waals surface area contributed by atoms with Gasteiger partial charge in [0.15, 0.2) is 5.13 Å². The van der Waals surface area contributed by atoms with Crippen LogP contribution in [0.5, 0.6) is 0 Å². The second kappa shape index (κ2) is 7.23. The van der Waals surface area contributed by atoms with Gasteiger partial charge in [-0.1, -0.05) is 12.1 Å². The molecule has 0 unspecified atom stereocenters. The topological polar surface area (TPSA) is 48.5 Å². The molecule has 132 valence electrons. The third kappa shape index (κ3) is 3.92. The van der Waals surface area contributed by atoms with E-state index in [1.54, 1.807) is 11.3 Å². The van der Waals surface area contributed by atoms with Gasteiger partial charge in [-0.25, -0.2) is 4.98 Å². The fraction of sp³-hybridized carbons (Fsp3) is 0.474. The lowest BCUT2D eigenvalue weighted by Crippen LogP contribution is -2.25. The summed E-state index contributed by atoms with van der Waals surface area (Å²) in [6.07, 6.45) is 3.53. The number of rotatable bonds is 4. The minimum absolute atomic E-state index is 0.0669. The van der Waals surface area contributed by atoms with Gasteiger partial charge < -0.3 is 4.90 Å². The minimum Gasteiger partial charge on any atom is -0.301 e. The number of benzene rings is 1. The molecule has 0 aliphatic carbocycles. The van der Waals surface area contributed by atoms with Crippen molar-refractivity contribution >= 4 is 22.4 Å². The molecule has 1 N–H and O–H groups in total. The molecule has 1 amide bonds. The normalized spacial score (nSPS) is 18.3. The molecule has 25 heavy (non-hydrogen) atoms. The average Bonchev–Trinajstić information content (AvgIpc) is 3.24. The predicted octanol–water partition coefficient (Wildman–Crippen LogP) is 2.98. The molecule has 0 saturated carbocycles. The summed E-state index contributed by atoms with van der Waals surface area (Å²) in [7, 11) is 2.12. The molecule has 0 spiro atoms. The molecule has 1 aromatic carbocycles. The Balaban J connectivity index is 1.44. The van der Waals surface area contributed by atoms with Crippen LogP contribution in [0, 0.1) is 0 Å². The Morgan fingerprint density at radius 2 is 2.12 bits per heavy atom. The number of likely N-dealkylation sites (N-methyl/N-ethyl adjacent to an activating group) is 1. The number of anilines is 1. The van der Waals surface area contributed by atoms with Crippen LogP contribution in [-0.2, 0) is 19.5 Å². The first-order valence-electron chi connectivity index (χ1n) is 8.97. The SMILES string of the molecule is CN1CCc2nc(NC(=O)c3cccc(CN4CCCC4)c3)sc2C1. The van der Waals surface area contributed by atoms with Crippen LogP contribution >= 0.6 is 11.3 Å². The van der Waals surface area contributed by atoms with Gasteiger partial charge in [0, 0.05) is 36.5 Å². The second-order valence-electron chi connectivity index (χ2n) is 7.01. The monoisotopic (exact) mass is 356 g/mol. The zero-order valence-corrected chi connectivity index (χ0v) is 15.4. The number of hydrogen-bond acceptors (Lipinski definition) is 5.